The van der Waals surface area contributed by atoms with Crippen LogP contribution in [0, 0.1) is 0 Å². The van der Waals surface area contributed by atoms with Crippen molar-refractivity contribution < 1.29 is 13.9 Å². The summed E-state index contributed by atoms with van der Waals surface area (Å²) in [6.07, 6.45) is 4.46. The Hall–Kier alpha value is -3.38. The minimum Gasteiger partial charge on any atom is -0.489 e. The van der Waals surface area contributed by atoms with E-state index in [1.807, 2.05) is 54.6 Å². The van der Waals surface area contributed by atoms with Crippen molar-refractivity contribution in [3.05, 3.63) is 90.4 Å². The van der Waals surface area contributed by atoms with Crippen LogP contribution in [0.3, 0.4) is 0 Å². The van der Waals surface area contributed by atoms with Gasteiger partial charge in [-0.2, -0.15) is 0 Å². The van der Waals surface area contributed by atoms with E-state index in [2.05, 4.69) is 10.6 Å². The number of nitrogens with one attached hydrogen (secondary N) is 2. The van der Waals surface area contributed by atoms with E-state index in [0.717, 1.165) is 11.3 Å². The van der Waals surface area contributed by atoms with Gasteiger partial charge in [0.25, 0.3) is 0 Å². The summed E-state index contributed by atoms with van der Waals surface area (Å²) in [6, 6.07) is 20.8. The molecule has 0 atom stereocenters. The zero-order valence-electron chi connectivity index (χ0n) is 14.4. The summed E-state index contributed by atoms with van der Waals surface area (Å²) >= 11 is 5.17. The molecule has 6 heteroatoms. The smallest absolute Gasteiger partial charge is 0.250 e. The minimum atomic E-state index is -0.347. The SMILES string of the molecule is O=C(/C=C/c1ccco1)NC(=S)Nc1cccc(OCc2ccccc2)c1. The van der Waals surface area contributed by atoms with Crippen LogP contribution in [0.2, 0.25) is 0 Å². The van der Waals surface area contributed by atoms with Gasteiger partial charge >= 0.3 is 0 Å². The predicted molar refractivity (Wildman–Crippen MR) is 109 cm³/mol. The van der Waals surface area contributed by atoms with Crippen molar-refractivity contribution in [1.82, 2.24) is 5.32 Å². The van der Waals surface area contributed by atoms with E-state index in [0.29, 0.717) is 18.1 Å². The summed E-state index contributed by atoms with van der Waals surface area (Å²) in [5.74, 6) is 0.948. The number of amides is 1. The highest BCUT2D eigenvalue weighted by molar-refractivity contribution is 7.80. The van der Waals surface area contributed by atoms with Crippen LogP contribution in [0.5, 0.6) is 5.75 Å². The molecule has 3 aromatic rings. The van der Waals surface area contributed by atoms with Gasteiger partial charge in [0.15, 0.2) is 5.11 Å². The van der Waals surface area contributed by atoms with Crippen LogP contribution in [0.1, 0.15) is 11.3 Å². The molecule has 0 radical (unpaired) electrons. The first-order chi connectivity index (χ1) is 13.2. The summed E-state index contributed by atoms with van der Waals surface area (Å²) < 4.78 is 10.9. The molecule has 0 saturated carbocycles. The molecule has 0 aliphatic carbocycles. The summed E-state index contributed by atoms with van der Waals surface area (Å²) in [7, 11) is 0. The van der Waals surface area contributed by atoms with Crippen LogP contribution in [0.25, 0.3) is 6.08 Å². The van der Waals surface area contributed by atoms with Gasteiger partial charge in [-0.25, -0.2) is 0 Å². The molecule has 2 N–H and O–H groups in total. The molecule has 1 heterocycles. The zero-order valence-corrected chi connectivity index (χ0v) is 15.2. The average molecular weight is 378 g/mol. The van der Waals surface area contributed by atoms with Crippen LogP contribution in [0.15, 0.2) is 83.5 Å². The summed E-state index contributed by atoms with van der Waals surface area (Å²) in [6.45, 7) is 0.475. The minimum absolute atomic E-state index is 0.198. The molecule has 5 nitrogen and oxygen atoms in total. The third-order valence-corrected chi connectivity index (χ3v) is 3.72. The fourth-order valence-electron chi connectivity index (χ4n) is 2.26. The van der Waals surface area contributed by atoms with E-state index in [1.165, 1.54) is 12.3 Å². The lowest BCUT2D eigenvalue weighted by molar-refractivity contribution is -0.115. The van der Waals surface area contributed by atoms with E-state index in [4.69, 9.17) is 21.4 Å². The zero-order chi connectivity index (χ0) is 18.9. The molecule has 3 rings (SSSR count). The quantitative estimate of drug-likeness (QED) is 0.492. The molecular formula is C21H18N2O3S. The Bertz CT molecular complexity index is 922. The number of hydrogen-bond donors (Lipinski definition) is 2. The summed E-state index contributed by atoms with van der Waals surface area (Å²) in [4.78, 5) is 11.9. The number of rotatable bonds is 6. The molecule has 0 bridgehead atoms. The molecule has 0 spiro atoms. The lowest BCUT2D eigenvalue weighted by Gasteiger charge is -2.11. The first-order valence-electron chi connectivity index (χ1n) is 8.29. The van der Waals surface area contributed by atoms with Crippen LogP contribution in [-0.2, 0) is 11.4 Å². The van der Waals surface area contributed by atoms with Crippen molar-refractivity contribution >= 4 is 35.0 Å². The summed E-state index contributed by atoms with van der Waals surface area (Å²) in [5, 5.41) is 5.75. The van der Waals surface area contributed by atoms with Crippen LogP contribution < -0.4 is 15.4 Å². The van der Waals surface area contributed by atoms with E-state index >= 15 is 0 Å². The van der Waals surface area contributed by atoms with E-state index < -0.39 is 0 Å². The molecule has 1 aromatic heterocycles. The van der Waals surface area contributed by atoms with Crippen LogP contribution >= 0.6 is 12.2 Å². The van der Waals surface area contributed by atoms with Crippen molar-refractivity contribution in [1.29, 1.82) is 0 Å². The average Bonchev–Trinajstić information content (AvgIpc) is 3.19. The van der Waals surface area contributed by atoms with Gasteiger partial charge in [-0.3, -0.25) is 10.1 Å². The summed E-state index contributed by atoms with van der Waals surface area (Å²) in [5.41, 5.74) is 1.81. The van der Waals surface area contributed by atoms with E-state index in [1.54, 1.807) is 18.2 Å². The Morgan fingerprint density at radius 2 is 1.93 bits per heavy atom. The third-order valence-electron chi connectivity index (χ3n) is 3.52. The van der Waals surface area contributed by atoms with Crippen molar-refractivity contribution in [3.8, 4) is 5.75 Å². The van der Waals surface area contributed by atoms with Gasteiger partial charge in [-0.15, -0.1) is 0 Å². The van der Waals surface area contributed by atoms with Crippen molar-refractivity contribution in [3.63, 3.8) is 0 Å². The first kappa shape index (κ1) is 18.4. The molecule has 0 aliphatic heterocycles. The molecule has 2 aromatic carbocycles. The third kappa shape index (κ3) is 6.13. The lowest BCUT2D eigenvalue weighted by Crippen LogP contribution is -2.32. The highest BCUT2D eigenvalue weighted by atomic mass is 32.1. The number of anilines is 1. The maximum Gasteiger partial charge on any atom is 0.250 e. The number of hydrogen-bond acceptors (Lipinski definition) is 4. The fourth-order valence-corrected chi connectivity index (χ4v) is 2.48. The van der Waals surface area contributed by atoms with Crippen LogP contribution in [0.4, 0.5) is 5.69 Å². The fraction of sp³-hybridized carbons (Fsp3) is 0.0476. The Kier molecular flexibility index (Phi) is 6.38. The Balaban J connectivity index is 1.51. The van der Waals surface area contributed by atoms with Gasteiger partial charge in [0.2, 0.25) is 5.91 Å². The van der Waals surface area contributed by atoms with Gasteiger partial charge in [0.1, 0.15) is 18.1 Å². The predicted octanol–water partition coefficient (Wildman–Crippen LogP) is 4.39. The monoisotopic (exact) mass is 378 g/mol. The van der Waals surface area contributed by atoms with Crippen molar-refractivity contribution in [2.45, 2.75) is 6.61 Å². The number of ether oxygens (including phenoxy) is 1. The second kappa shape index (κ2) is 9.35. The Morgan fingerprint density at radius 1 is 1.07 bits per heavy atom. The maximum atomic E-state index is 11.9. The van der Waals surface area contributed by atoms with Gasteiger partial charge in [-0.05, 0) is 48.1 Å². The maximum absolute atomic E-state index is 11.9. The van der Waals surface area contributed by atoms with Gasteiger partial charge < -0.3 is 14.5 Å². The lowest BCUT2D eigenvalue weighted by atomic mass is 10.2. The van der Waals surface area contributed by atoms with Gasteiger partial charge in [-0.1, -0.05) is 36.4 Å². The molecule has 1 amide bonds. The Morgan fingerprint density at radius 3 is 2.70 bits per heavy atom. The van der Waals surface area contributed by atoms with Crippen LogP contribution in [-0.4, -0.2) is 11.0 Å². The van der Waals surface area contributed by atoms with Crippen molar-refractivity contribution in [2.24, 2.45) is 0 Å². The molecular weight excluding hydrogens is 360 g/mol. The first-order valence-corrected chi connectivity index (χ1v) is 8.70. The Labute approximate surface area is 162 Å². The highest BCUT2D eigenvalue weighted by Gasteiger charge is 2.03. The number of thiocarbonyl (C=S) groups is 1. The molecule has 136 valence electrons. The van der Waals surface area contributed by atoms with E-state index in [9.17, 15) is 4.79 Å². The number of benzene rings is 2. The van der Waals surface area contributed by atoms with Gasteiger partial charge in [0, 0.05) is 17.8 Å². The largest absolute Gasteiger partial charge is 0.489 e. The van der Waals surface area contributed by atoms with Crippen molar-refractivity contribution in [2.75, 3.05) is 5.32 Å². The standard InChI is InChI=1S/C21H18N2O3S/c24-20(12-11-18-10-5-13-25-18)23-21(27)22-17-8-4-9-19(14-17)26-15-16-6-2-1-3-7-16/h1-14H,15H2,(H2,22,23,24,27)/b12-11+. The molecule has 0 saturated heterocycles. The second-order valence-electron chi connectivity index (χ2n) is 5.59. The normalized spacial score (nSPS) is 10.5. The number of furan rings is 1. The van der Waals surface area contributed by atoms with E-state index in [-0.39, 0.29) is 11.0 Å². The number of carbonyl (C=O) groups excluding carboxylic acids is 1. The number of carbonyl (C=O) groups is 1. The molecule has 0 aliphatic rings. The molecule has 0 unspecified atom stereocenters. The highest BCUT2D eigenvalue weighted by Crippen LogP contribution is 2.18. The molecule has 27 heavy (non-hydrogen) atoms. The molecule has 0 fully saturated rings. The second-order valence-corrected chi connectivity index (χ2v) is 6.00. The topological polar surface area (TPSA) is 63.5 Å². The van der Waals surface area contributed by atoms with Gasteiger partial charge in [0.05, 0.1) is 6.26 Å².